The highest BCUT2D eigenvalue weighted by atomic mass is 79.9. The predicted octanol–water partition coefficient (Wildman–Crippen LogP) is 4.85. The van der Waals surface area contributed by atoms with Crippen LogP contribution in [0.4, 0.5) is 0 Å². The number of alkyl halides is 1. The first kappa shape index (κ1) is 11.0. The minimum atomic E-state index is 0.399. The first-order chi connectivity index (χ1) is 6.77. The van der Waals surface area contributed by atoms with E-state index in [0.29, 0.717) is 11.3 Å². The number of hydrogen-bond donors (Lipinski definition) is 0. The van der Waals surface area contributed by atoms with Gasteiger partial charge in [0, 0.05) is 5.38 Å². The zero-order valence-corrected chi connectivity index (χ0v) is 11.2. The second-order valence-electron chi connectivity index (χ2n) is 3.98. The van der Waals surface area contributed by atoms with Gasteiger partial charge in [0.25, 0.3) is 0 Å². The molecule has 2 atom stereocenters. The summed E-state index contributed by atoms with van der Waals surface area (Å²) < 4.78 is 1.28. The molecular weight excluding hydrogens is 280 g/mol. The molecule has 1 aromatic rings. The average Bonchev–Trinajstić information content (AvgIpc) is 2.56. The molecule has 1 heterocycles. The van der Waals surface area contributed by atoms with E-state index in [2.05, 4.69) is 27.4 Å². The maximum atomic E-state index is 6.34. The fourth-order valence-corrected chi connectivity index (χ4v) is 3.78. The summed E-state index contributed by atoms with van der Waals surface area (Å²) in [5.41, 5.74) is 1.44. The van der Waals surface area contributed by atoms with Crippen molar-refractivity contribution < 1.29 is 0 Å². The van der Waals surface area contributed by atoms with Gasteiger partial charge in [-0.1, -0.05) is 12.8 Å². The summed E-state index contributed by atoms with van der Waals surface area (Å²) in [6.07, 6.45) is 6.33. The van der Waals surface area contributed by atoms with Gasteiger partial charge in [0.1, 0.15) is 0 Å². The van der Waals surface area contributed by atoms with Crippen molar-refractivity contribution in [3.63, 3.8) is 0 Å². The van der Waals surface area contributed by atoms with E-state index < -0.39 is 0 Å². The van der Waals surface area contributed by atoms with Crippen LogP contribution in [0, 0.1) is 5.92 Å². The number of rotatable bonds is 2. The van der Waals surface area contributed by atoms with Crippen LogP contribution in [0.5, 0.6) is 0 Å². The van der Waals surface area contributed by atoms with Crippen LogP contribution in [0.25, 0.3) is 0 Å². The standard InChI is InChI=1S/C11H14BrClS/c12-11-9(5-6-14-11)7-8-3-1-2-4-10(8)13/h5-6,8,10H,1-4,7H2. The van der Waals surface area contributed by atoms with Crippen molar-refractivity contribution in [2.75, 3.05) is 0 Å². The van der Waals surface area contributed by atoms with Crippen LogP contribution >= 0.6 is 38.9 Å². The highest BCUT2D eigenvalue weighted by Crippen LogP contribution is 2.34. The normalized spacial score (nSPS) is 27.9. The molecule has 0 aromatic carbocycles. The summed E-state index contributed by atoms with van der Waals surface area (Å²) in [6, 6.07) is 2.22. The molecule has 1 aliphatic carbocycles. The zero-order valence-electron chi connectivity index (χ0n) is 8.01. The molecule has 0 radical (unpaired) electrons. The number of hydrogen-bond acceptors (Lipinski definition) is 1. The Morgan fingerprint density at radius 2 is 2.21 bits per heavy atom. The summed E-state index contributed by atoms with van der Waals surface area (Å²) >= 11 is 11.7. The van der Waals surface area contributed by atoms with E-state index >= 15 is 0 Å². The highest BCUT2D eigenvalue weighted by Gasteiger charge is 2.23. The van der Waals surface area contributed by atoms with Crippen LogP contribution in [0.3, 0.4) is 0 Å². The third-order valence-corrected chi connectivity index (χ3v) is 5.38. The molecule has 2 rings (SSSR count). The highest BCUT2D eigenvalue weighted by molar-refractivity contribution is 9.11. The molecule has 0 bridgehead atoms. The molecule has 14 heavy (non-hydrogen) atoms. The van der Waals surface area contributed by atoms with Gasteiger partial charge in [0.15, 0.2) is 0 Å². The lowest BCUT2D eigenvalue weighted by Crippen LogP contribution is -2.21. The molecule has 1 fully saturated rings. The van der Waals surface area contributed by atoms with Gasteiger partial charge in [-0.15, -0.1) is 22.9 Å². The lowest BCUT2D eigenvalue weighted by Gasteiger charge is -2.26. The predicted molar refractivity (Wildman–Crippen MR) is 67.3 cm³/mol. The Kier molecular flexibility index (Phi) is 3.92. The molecule has 0 amide bonds. The molecule has 0 aliphatic heterocycles. The lowest BCUT2D eigenvalue weighted by molar-refractivity contribution is 0.364. The first-order valence-corrected chi connectivity index (χ1v) is 7.24. The third-order valence-electron chi connectivity index (χ3n) is 2.99. The van der Waals surface area contributed by atoms with E-state index in [4.69, 9.17) is 11.6 Å². The zero-order chi connectivity index (χ0) is 9.97. The van der Waals surface area contributed by atoms with Crippen molar-refractivity contribution in [1.29, 1.82) is 0 Å². The quantitative estimate of drug-likeness (QED) is 0.684. The van der Waals surface area contributed by atoms with Crippen molar-refractivity contribution >= 4 is 38.9 Å². The second kappa shape index (κ2) is 5.00. The molecule has 0 N–H and O–H groups in total. The second-order valence-corrected chi connectivity index (χ2v) is 6.78. The molecule has 78 valence electrons. The Bertz CT molecular complexity index is 297. The van der Waals surface area contributed by atoms with Gasteiger partial charge in [-0.05, 0) is 58.1 Å². The minimum Gasteiger partial charge on any atom is -0.137 e. The van der Waals surface area contributed by atoms with Gasteiger partial charge in [-0.2, -0.15) is 0 Å². The Morgan fingerprint density at radius 3 is 2.86 bits per heavy atom. The largest absolute Gasteiger partial charge is 0.137 e. The first-order valence-electron chi connectivity index (χ1n) is 5.13. The summed E-state index contributed by atoms with van der Waals surface area (Å²) in [5, 5.41) is 2.54. The number of halogens is 2. The Morgan fingerprint density at radius 1 is 1.43 bits per heavy atom. The maximum absolute atomic E-state index is 6.34. The molecule has 1 saturated carbocycles. The topological polar surface area (TPSA) is 0 Å². The van der Waals surface area contributed by atoms with Crippen molar-refractivity contribution in [2.45, 2.75) is 37.5 Å². The van der Waals surface area contributed by atoms with Crippen molar-refractivity contribution in [3.05, 3.63) is 20.8 Å². The summed E-state index contributed by atoms with van der Waals surface area (Å²) in [6.45, 7) is 0. The Hall–Kier alpha value is 0.470. The van der Waals surface area contributed by atoms with Crippen LogP contribution in [-0.2, 0) is 6.42 Å². The van der Waals surface area contributed by atoms with Crippen LogP contribution in [0.15, 0.2) is 15.2 Å². The fraction of sp³-hybridized carbons (Fsp3) is 0.636. The van der Waals surface area contributed by atoms with Crippen LogP contribution in [-0.4, -0.2) is 5.38 Å². The van der Waals surface area contributed by atoms with Gasteiger partial charge in [0.2, 0.25) is 0 Å². The average molecular weight is 294 g/mol. The Labute approximate surface area is 103 Å². The van der Waals surface area contributed by atoms with E-state index in [0.717, 1.165) is 6.42 Å². The van der Waals surface area contributed by atoms with Crippen molar-refractivity contribution in [1.82, 2.24) is 0 Å². The lowest BCUT2D eigenvalue weighted by atomic mass is 9.85. The van der Waals surface area contributed by atoms with E-state index in [9.17, 15) is 0 Å². The minimum absolute atomic E-state index is 0.399. The van der Waals surface area contributed by atoms with E-state index in [1.165, 1.54) is 35.0 Å². The molecule has 0 nitrogen and oxygen atoms in total. The van der Waals surface area contributed by atoms with Gasteiger partial charge < -0.3 is 0 Å². The molecule has 0 spiro atoms. The fourth-order valence-electron chi connectivity index (χ4n) is 2.14. The van der Waals surface area contributed by atoms with Gasteiger partial charge in [-0.3, -0.25) is 0 Å². The number of thiophene rings is 1. The van der Waals surface area contributed by atoms with Crippen LogP contribution in [0.1, 0.15) is 31.2 Å². The smallest absolute Gasteiger partial charge is 0.0730 e. The maximum Gasteiger partial charge on any atom is 0.0730 e. The molecular formula is C11H14BrClS. The van der Waals surface area contributed by atoms with Crippen LogP contribution in [0.2, 0.25) is 0 Å². The van der Waals surface area contributed by atoms with Crippen molar-refractivity contribution in [3.8, 4) is 0 Å². The molecule has 0 saturated heterocycles. The van der Waals surface area contributed by atoms with Gasteiger partial charge in [-0.25, -0.2) is 0 Å². The van der Waals surface area contributed by atoms with Crippen LogP contribution < -0.4 is 0 Å². The summed E-state index contributed by atoms with van der Waals surface area (Å²) in [4.78, 5) is 0. The summed E-state index contributed by atoms with van der Waals surface area (Å²) in [5.74, 6) is 0.691. The Balaban J connectivity index is 1.99. The van der Waals surface area contributed by atoms with E-state index in [1.54, 1.807) is 11.3 Å². The van der Waals surface area contributed by atoms with E-state index in [1.807, 2.05) is 0 Å². The third kappa shape index (κ3) is 2.53. The molecule has 3 heteroatoms. The molecule has 1 aromatic heterocycles. The molecule has 2 unspecified atom stereocenters. The van der Waals surface area contributed by atoms with Gasteiger partial charge in [0.05, 0.1) is 3.79 Å². The van der Waals surface area contributed by atoms with Crippen molar-refractivity contribution in [2.24, 2.45) is 5.92 Å². The summed E-state index contributed by atoms with van der Waals surface area (Å²) in [7, 11) is 0. The SMILES string of the molecule is ClC1CCCCC1Cc1ccsc1Br. The van der Waals surface area contributed by atoms with Gasteiger partial charge >= 0.3 is 0 Å². The monoisotopic (exact) mass is 292 g/mol. The molecule has 1 aliphatic rings. The van der Waals surface area contributed by atoms with E-state index in [-0.39, 0.29) is 0 Å².